The number of alkyl halides is 2. The van der Waals surface area contributed by atoms with Crippen molar-refractivity contribution in [3.8, 4) is 0 Å². The first-order valence-electron chi connectivity index (χ1n) is 9.37. The number of fused-ring (bicyclic) bond motifs is 1. The van der Waals surface area contributed by atoms with Gasteiger partial charge in [-0.1, -0.05) is 32.1 Å². The third-order valence-corrected chi connectivity index (χ3v) is 4.79. The van der Waals surface area contributed by atoms with Gasteiger partial charge in [0.2, 0.25) is 0 Å². The summed E-state index contributed by atoms with van der Waals surface area (Å²) in [5, 5.41) is 8.45. The van der Waals surface area contributed by atoms with Crippen LogP contribution in [-0.2, 0) is 18.4 Å². The Morgan fingerprint density at radius 2 is 2.00 bits per heavy atom. The third-order valence-electron chi connectivity index (χ3n) is 4.79. The molecule has 0 radical (unpaired) electrons. The van der Waals surface area contributed by atoms with Crippen molar-refractivity contribution in [1.29, 1.82) is 0 Å². The summed E-state index contributed by atoms with van der Waals surface area (Å²) < 4.78 is 29.3. The van der Waals surface area contributed by atoms with Crippen molar-refractivity contribution in [3.63, 3.8) is 0 Å². The topological polar surface area (TPSA) is 72.6 Å². The maximum atomic E-state index is 13.8. The van der Waals surface area contributed by atoms with Gasteiger partial charge in [0.25, 0.3) is 5.92 Å². The molecule has 1 aliphatic heterocycles. The fourth-order valence-corrected chi connectivity index (χ4v) is 3.23. The standard InChI is InChI=1S/C19H23F2N7/c1-18(2,3)17-23-15(27-11-8-19(20,21)12-27)14-16(24-17)28(26-25-14)10-7-13-6-4-5-9-22-13/h4-6,9H,7-8,10-12H2,1-3H3. The molecule has 28 heavy (non-hydrogen) atoms. The van der Waals surface area contributed by atoms with Crippen molar-refractivity contribution in [3.05, 3.63) is 35.9 Å². The van der Waals surface area contributed by atoms with Gasteiger partial charge in [-0.2, -0.15) is 0 Å². The van der Waals surface area contributed by atoms with E-state index in [1.807, 2.05) is 39.0 Å². The highest BCUT2D eigenvalue weighted by molar-refractivity contribution is 5.83. The quantitative estimate of drug-likeness (QED) is 0.685. The second-order valence-electron chi connectivity index (χ2n) is 8.20. The van der Waals surface area contributed by atoms with Crippen molar-refractivity contribution >= 4 is 17.0 Å². The molecule has 148 valence electrons. The van der Waals surface area contributed by atoms with Crippen LogP contribution in [0.25, 0.3) is 11.2 Å². The fraction of sp³-hybridized carbons (Fsp3) is 0.526. The number of aryl methyl sites for hydroxylation is 2. The summed E-state index contributed by atoms with van der Waals surface area (Å²) in [6, 6.07) is 5.76. The molecule has 1 saturated heterocycles. The van der Waals surface area contributed by atoms with Crippen LogP contribution in [0.5, 0.6) is 0 Å². The summed E-state index contributed by atoms with van der Waals surface area (Å²) in [7, 11) is 0. The Hall–Kier alpha value is -2.71. The number of hydrogen-bond acceptors (Lipinski definition) is 6. The summed E-state index contributed by atoms with van der Waals surface area (Å²) in [5.41, 5.74) is 1.64. The van der Waals surface area contributed by atoms with Gasteiger partial charge >= 0.3 is 0 Å². The SMILES string of the molecule is CC(C)(C)c1nc(N2CCC(F)(F)C2)c2nnn(CCc3ccccn3)c2n1. The van der Waals surface area contributed by atoms with Crippen molar-refractivity contribution in [2.45, 2.75) is 51.5 Å². The molecule has 0 unspecified atom stereocenters. The Morgan fingerprint density at radius 1 is 1.18 bits per heavy atom. The van der Waals surface area contributed by atoms with Gasteiger partial charge in [0.05, 0.1) is 13.1 Å². The van der Waals surface area contributed by atoms with Gasteiger partial charge in [0.15, 0.2) is 17.0 Å². The van der Waals surface area contributed by atoms with Crippen molar-refractivity contribution < 1.29 is 8.78 Å². The van der Waals surface area contributed by atoms with Crippen LogP contribution in [0, 0.1) is 0 Å². The summed E-state index contributed by atoms with van der Waals surface area (Å²) in [6.07, 6.45) is 2.24. The molecule has 0 aliphatic carbocycles. The van der Waals surface area contributed by atoms with Gasteiger partial charge in [0, 0.05) is 36.7 Å². The summed E-state index contributed by atoms with van der Waals surface area (Å²) in [6.45, 7) is 6.42. The minimum absolute atomic E-state index is 0.183. The molecule has 0 spiro atoms. The van der Waals surface area contributed by atoms with Gasteiger partial charge in [0.1, 0.15) is 5.82 Å². The van der Waals surface area contributed by atoms with E-state index in [4.69, 9.17) is 0 Å². The molecule has 3 aromatic rings. The Balaban J connectivity index is 1.73. The third kappa shape index (κ3) is 3.65. The lowest BCUT2D eigenvalue weighted by atomic mass is 9.96. The van der Waals surface area contributed by atoms with E-state index in [9.17, 15) is 8.78 Å². The van der Waals surface area contributed by atoms with Gasteiger partial charge in [-0.15, -0.1) is 5.10 Å². The van der Waals surface area contributed by atoms with E-state index in [1.165, 1.54) is 0 Å². The van der Waals surface area contributed by atoms with E-state index in [-0.39, 0.29) is 24.9 Å². The van der Waals surface area contributed by atoms with Crippen LogP contribution in [0.2, 0.25) is 0 Å². The van der Waals surface area contributed by atoms with Crippen LogP contribution in [0.4, 0.5) is 14.6 Å². The van der Waals surface area contributed by atoms with Gasteiger partial charge in [-0.3, -0.25) is 4.98 Å². The predicted molar refractivity (Wildman–Crippen MR) is 102 cm³/mol. The first-order chi connectivity index (χ1) is 13.2. The summed E-state index contributed by atoms with van der Waals surface area (Å²) >= 11 is 0. The second kappa shape index (κ2) is 6.72. The van der Waals surface area contributed by atoms with Gasteiger partial charge in [-0.25, -0.2) is 23.4 Å². The van der Waals surface area contributed by atoms with Gasteiger partial charge in [-0.05, 0) is 12.1 Å². The maximum Gasteiger partial charge on any atom is 0.266 e. The Labute approximate surface area is 161 Å². The first kappa shape index (κ1) is 18.6. The average Bonchev–Trinajstić information content (AvgIpc) is 3.22. The Morgan fingerprint density at radius 3 is 2.64 bits per heavy atom. The van der Waals surface area contributed by atoms with Crippen LogP contribution in [0.1, 0.15) is 38.7 Å². The zero-order valence-corrected chi connectivity index (χ0v) is 16.2. The van der Waals surface area contributed by atoms with Crippen LogP contribution in [0.15, 0.2) is 24.4 Å². The molecular weight excluding hydrogens is 364 g/mol. The molecule has 4 rings (SSSR count). The predicted octanol–water partition coefficient (Wildman–Crippen LogP) is 3.00. The highest BCUT2D eigenvalue weighted by atomic mass is 19.3. The lowest BCUT2D eigenvalue weighted by Gasteiger charge is -2.22. The largest absolute Gasteiger partial charge is 0.348 e. The van der Waals surface area contributed by atoms with Crippen LogP contribution in [0.3, 0.4) is 0 Å². The number of anilines is 1. The van der Waals surface area contributed by atoms with Crippen LogP contribution >= 0.6 is 0 Å². The Bertz CT molecular complexity index is 979. The highest BCUT2D eigenvalue weighted by Gasteiger charge is 2.40. The molecular formula is C19H23F2N7. The lowest BCUT2D eigenvalue weighted by Crippen LogP contribution is -2.27. The molecule has 0 N–H and O–H groups in total. The second-order valence-corrected chi connectivity index (χ2v) is 8.20. The number of halogens is 2. The smallest absolute Gasteiger partial charge is 0.266 e. The zero-order chi connectivity index (χ0) is 19.9. The van der Waals surface area contributed by atoms with E-state index in [2.05, 4.69) is 25.3 Å². The molecule has 7 nitrogen and oxygen atoms in total. The van der Waals surface area contributed by atoms with Crippen LogP contribution < -0.4 is 4.90 Å². The minimum atomic E-state index is -2.71. The Kier molecular flexibility index (Phi) is 4.47. The highest BCUT2D eigenvalue weighted by Crippen LogP contribution is 2.34. The molecule has 1 fully saturated rings. The van der Waals surface area contributed by atoms with E-state index in [1.54, 1.807) is 15.8 Å². The number of rotatable bonds is 4. The minimum Gasteiger partial charge on any atom is -0.348 e. The normalized spacial score (nSPS) is 16.8. The molecule has 4 heterocycles. The average molecular weight is 387 g/mol. The van der Waals surface area contributed by atoms with E-state index in [0.29, 0.717) is 35.8 Å². The van der Waals surface area contributed by atoms with E-state index >= 15 is 0 Å². The van der Waals surface area contributed by atoms with E-state index < -0.39 is 5.92 Å². The number of pyridine rings is 1. The molecule has 0 aromatic carbocycles. The lowest BCUT2D eigenvalue weighted by molar-refractivity contribution is 0.0257. The summed E-state index contributed by atoms with van der Waals surface area (Å²) in [5.74, 6) is -1.68. The zero-order valence-electron chi connectivity index (χ0n) is 16.2. The maximum absolute atomic E-state index is 13.8. The molecule has 0 atom stereocenters. The van der Waals surface area contributed by atoms with Gasteiger partial charge < -0.3 is 4.90 Å². The molecule has 0 saturated carbocycles. The molecule has 3 aromatic heterocycles. The van der Waals surface area contributed by atoms with Crippen LogP contribution in [-0.4, -0.2) is 49.0 Å². The van der Waals surface area contributed by atoms with E-state index in [0.717, 1.165) is 5.69 Å². The molecule has 9 heteroatoms. The monoisotopic (exact) mass is 387 g/mol. The number of nitrogens with zero attached hydrogens (tertiary/aromatic N) is 7. The molecule has 0 bridgehead atoms. The summed E-state index contributed by atoms with van der Waals surface area (Å²) in [4.78, 5) is 15.2. The first-order valence-corrected chi connectivity index (χ1v) is 9.37. The van der Waals surface area contributed by atoms with Crippen molar-refractivity contribution in [2.75, 3.05) is 18.0 Å². The van der Waals surface area contributed by atoms with Crippen molar-refractivity contribution in [1.82, 2.24) is 29.9 Å². The number of aromatic nitrogens is 6. The molecule has 0 amide bonds. The van der Waals surface area contributed by atoms with Crippen molar-refractivity contribution in [2.24, 2.45) is 0 Å². The molecule has 1 aliphatic rings. The fourth-order valence-electron chi connectivity index (χ4n) is 3.23. The number of hydrogen-bond donors (Lipinski definition) is 0.